The number of para-hydroxylation sites is 1. The van der Waals surface area contributed by atoms with Crippen LogP contribution < -0.4 is 10.1 Å². The van der Waals surface area contributed by atoms with E-state index >= 15 is 0 Å². The number of carboxylic acid groups (broad SMARTS) is 1. The molecule has 1 amide bonds. The molecule has 0 spiro atoms. The number of pyridine rings is 1. The number of amides is 1. The van der Waals surface area contributed by atoms with E-state index in [0.29, 0.717) is 30.9 Å². The molecule has 2 aromatic heterocycles. The third-order valence-corrected chi connectivity index (χ3v) is 4.63. The molecule has 1 unspecified atom stereocenters. The predicted molar refractivity (Wildman–Crippen MR) is 104 cm³/mol. The van der Waals surface area contributed by atoms with Crippen LogP contribution in [0.4, 0.5) is 0 Å². The van der Waals surface area contributed by atoms with Gasteiger partial charge in [-0.3, -0.25) is 4.79 Å². The smallest absolute Gasteiger partial charge is 0.354 e. The van der Waals surface area contributed by atoms with Gasteiger partial charge in [0, 0.05) is 31.4 Å². The van der Waals surface area contributed by atoms with Gasteiger partial charge in [-0.05, 0) is 24.3 Å². The molecular weight excluding hydrogens is 390 g/mol. The fourth-order valence-electron chi connectivity index (χ4n) is 3.14. The van der Waals surface area contributed by atoms with E-state index in [1.165, 1.54) is 12.3 Å². The lowest BCUT2D eigenvalue weighted by atomic mass is 10.2. The molecule has 1 aromatic carbocycles. The van der Waals surface area contributed by atoms with Gasteiger partial charge in [0.05, 0.1) is 0 Å². The van der Waals surface area contributed by atoms with Crippen molar-refractivity contribution >= 4 is 11.9 Å². The molecule has 0 radical (unpaired) electrons. The van der Waals surface area contributed by atoms with Crippen molar-refractivity contribution < 1.29 is 24.0 Å². The Kier molecular flexibility index (Phi) is 5.66. The van der Waals surface area contributed by atoms with Gasteiger partial charge in [0.25, 0.3) is 11.8 Å². The number of hydrogen-bond acceptors (Lipinski definition) is 8. The van der Waals surface area contributed by atoms with E-state index in [4.69, 9.17) is 14.4 Å². The second-order valence-electron chi connectivity index (χ2n) is 6.60. The van der Waals surface area contributed by atoms with Crippen molar-refractivity contribution in [1.82, 2.24) is 25.3 Å². The summed E-state index contributed by atoms with van der Waals surface area (Å²) in [4.78, 5) is 33.7. The van der Waals surface area contributed by atoms with Crippen LogP contribution >= 0.6 is 0 Å². The van der Waals surface area contributed by atoms with Gasteiger partial charge in [0.15, 0.2) is 6.61 Å². The van der Waals surface area contributed by atoms with Crippen LogP contribution in [0.1, 0.15) is 22.4 Å². The maximum Gasteiger partial charge on any atom is 0.354 e. The highest BCUT2D eigenvalue weighted by molar-refractivity contribution is 5.86. The average Bonchev–Trinajstić information content (AvgIpc) is 3.28. The fraction of sp³-hybridized carbons (Fsp3) is 0.250. The van der Waals surface area contributed by atoms with E-state index in [0.717, 1.165) is 0 Å². The summed E-state index contributed by atoms with van der Waals surface area (Å²) < 4.78 is 11.0. The van der Waals surface area contributed by atoms with Gasteiger partial charge in [-0.2, -0.15) is 4.98 Å². The molecule has 3 aromatic rings. The largest absolute Gasteiger partial charge is 0.484 e. The maximum atomic E-state index is 12.8. The zero-order valence-corrected chi connectivity index (χ0v) is 15.9. The van der Waals surface area contributed by atoms with E-state index in [-0.39, 0.29) is 29.9 Å². The molecule has 1 aliphatic heterocycles. The number of carboxylic acids is 1. The second-order valence-corrected chi connectivity index (χ2v) is 6.60. The Bertz CT molecular complexity index is 1040. The number of hydrogen-bond donors (Lipinski definition) is 2. The number of carbonyl (C=O) groups excluding carboxylic acids is 1. The van der Waals surface area contributed by atoms with E-state index in [1.54, 1.807) is 23.1 Å². The van der Waals surface area contributed by atoms with Crippen LogP contribution in [0.15, 0.2) is 53.2 Å². The standard InChI is InChI=1S/C20H19N5O5/c26-17(12-29-14-4-2-1-3-5-14)25-9-8-21-11-16(25)19-23-18(24-30-19)13-6-7-22-15(10-13)20(27)28/h1-7,10,16,21H,8-9,11-12H2,(H,27,28). The minimum atomic E-state index is -1.15. The molecule has 1 aliphatic rings. The Labute approximate surface area is 171 Å². The summed E-state index contributed by atoms with van der Waals surface area (Å²) in [7, 11) is 0. The molecule has 0 saturated carbocycles. The summed E-state index contributed by atoms with van der Waals surface area (Å²) in [6.07, 6.45) is 1.37. The number of piperazine rings is 1. The lowest BCUT2D eigenvalue weighted by Crippen LogP contribution is -2.50. The second kappa shape index (κ2) is 8.70. The predicted octanol–water partition coefficient (Wildman–Crippen LogP) is 1.38. The number of aromatic nitrogens is 3. The van der Waals surface area contributed by atoms with Gasteiger partial charge in [-0.1, -0.05) is 23.4 Å². The fourth-order valence-corrected chi connectivity index (χ4v) is 3.14. The summed E-state index contributed by atoms with van der Waals surface area (Å²) in [6.45, 7) is 1.46. The van der Waals surface area contributed by atoms with Crippen LogP contribution in [-0.4, -0.2) is 63.2 Å². The van der Waals surface area contributed by atoms with Gasteiger partial charge in [-0.25, -0.2) is 9.78 Å². The molecule has 2 N–H and O–H groups in total. The third kappa shape index (κ3) is 4.28. The van der Waals surface area contributed by atoms with Crippen molar-refractivity contribution in [2.24, 2.45) is 0 Å². The van der Waals surface area contributed by atoms with Crippen molar-refractivity contribution in [2.75, 3.05) is 26.2 Å². The molecule has 0 bridgehead atoms. The Morgan fingerprint density at radius 2 is 2.10 bits per heavy atom. The Morgan fingerprint density at radius 1 is 1.27 bits per heavy atom. The molecule has 4 rings (SSSR count). The summed E-state index contributed by atoms with van der Waals surface area (Å²) in [5, 5.41) is 16.3. The highest BCUT2D eigenvalue weighted by Gasteiger charge is 2.32. The number of ether oxygens (including phenoxy) is 1. The van der Waals surface area contributed by atoms with Crippen molar-refractivity contribution in [1.29, 1.82) is 0 Å². The highest BCUT2D eigenvalue weighted by Crippen LogP contribution is 2.24. The average molecular weight is 409 g/mol. The summed E-state index contributed by atoms with van der Waals surface area (Å²) in [6, 6.07) is 11.6. The van der Waals surface area contributed by atoms with Crippen molar-refractivity contribution in [3.05, 3.63) is 60.2 Å². The molecule has 30 heavy (non-hydrogen) atoms. The van der Waals surface area contributed by atoms with Crippen molar-refractivity contribution in [3.63, 3.8) is 0 Å². The topological polar surface area (TPSA) is 131 Å². The van der Waals surface area contributed by atoms with Gasteiger partial charge in [0.2, 0.25) is 5.82 Å². The Morgan fingerprint density at radius 3 is 2.90 bits per heavy atom. The zero-order valence-electron chi connectivity index (χ0n) is 15.9. The van der Waals surface area contributed by atoms with Crippen LogP contribution in [0.3, 0.4) is 0 Å². The zero-order chi connectivity index (χ0) is 20.9. The normalized spacial score (nSPS) is 16.3. The first kappa shape index (κ1) is 19.5. The van der Waals surface area contributed by atoms with Gasteiger partial charge < -0.3 is 24.6 Å². The molecule has 1 saturated heterocycles. The number of carbonyl (C=O) groups is 2. The van der Waals surface area contributed by atoms with Crippen LogP contribution in [0.5, 0.6) is 5.75 Å². The van der Waals surface area contributed by atoms with Crippen LogP contribution in [0, 0.1) is 0 Å². The number of aromatic carboxylic acids is 1. The van der Waals surface area contributed by atoms with Gasteiger partial charge >= 0.3 is 5.97 Å². The van der Waals surface area contributed by atoms with E-state index < -0.39 is 12.0 Å². The van der Waals surface area contributed by atoms with Gasteiger partial charge in [-0.15, -0.1) is 0 Å². The first-order valence-electron chi connectivity index (χ1n) is 9.33. The van der Waals surface area contributed by atoms with Crippen molar-refractivity contribution in [2.45, 2.75) is 6.04 Å². The van der Waals surface area contributed by atoms with E-state index in [1.807, 2.05) is 18.2 Å². The molecule has 1 atom stereocenters. The molecule has 0 aliphatic carbocycles. The van der Waals surface area contributed by atoms with Crippen LogP contribution in [0.25, 0.3) is 11.4 Å². The van der Waals surface area contributed by atoms with Gasteiger partial charge in [0.1, 0.15) is 17.5 Å². The monoisotopic (exact) mass is 409 g/mol. The Balaban J connectivity index is 1.50. The van der Waals surface area contributed by atoms with Crippen LogP contribution in [-0.2, 0) is 4.79 Å². The summed E-state index contributed by atoms with van der Waals surface area (Å²) in [5.74, 6) is -0.230. The molecule has 154 valence electrons. The van der Waals surface area contributed by atoms with Crippen molar-refractivity contribution in [3.8, 4) is 17.1 Å². The molecule has 10 nitrogen and oxygen atoms in total. The van der Waals surface area contributed by atoms with Crippen LogP contribution in [0.2, 0.25) is 0 Å². The number of nitrogens with one attached hydrogen (secondary N) is 1. The molecule has 10 heteroatoms. The first-order valence-corrected chi connectivity index (χ1v) is 9.33. The number of benzene rings is 1. The minimum absolute atomic E-state index is 0.103. The van der Waals surface area contributed by atoms with E-state index in [2.05, 4.69) is 20.4 Å². The lowest BCUT2D eigenvalue weighted by molar-refractivity contribution is -0.137. The SMILES string of the molecule is O=C(O)c1cc(-c2noc(C3CNCCN3C(=O)COc3ccccc3)n2)ccn1. The third-order valence-electron chi connectivity index (χ3n) is 4.63. The highest BCUT2D eigenvalue weighted by atomic mass is 16.5. The summed E-state index contributed by atoms with van der Waals surface area (Å²) >= 11 is 0. The first-order chi connectivity index (χ1) is 14.6. The van der Waals surface area contributed by atoms with E-state index in [9.17, 15) is 9.59 Å². The molecule has 1 fully saturated rings. The lowest BCUT2D eigenvalue weighted by Gasteiger charge is -2.33. The molecular formula is C20H19N5O5. The molecule has 3 heterocycles. The quantitative estimate of drug-likeness (QED) is 0.620. The maximum absolute atomic E-state index is 12.8. The number of nitrogens with zero attached hydrogens (tertiary/aromatic N) is 4. The number of rotatable bonds is 6. The summed E-state index contributed by atoms with van der Waals surface area (Å²) in [5.41, 5.74) is 0.347. The Hall–Kier alpha value is -3.79. The minimum Gasteiger partial charge on any atom is -0.484 e.